The number of rotatable bonds is 5. The number of hydrogen-bond donors (Lipinski definition) is 0. The fraction of sp³-hybridized carbons (Fsp3) is 0.259. The van der Waals surface area contributed by atoms with Crippen molar-refractivity contribution in [3.05, 3.63) is 83.7 Å². The lowest BCUT2D eigenvalue weighted by Crippen LogP contribution is -2.49. The van der Waals surface area contributed by atoms with E-state index in [1.807, 2.05) is 60.4 Å². The van der Waals surface area contributed by atoms with Crippen molar-refractivity contribution in [2.24, 2.45) is 0 Å². The van der Waals surface area contributed by atoms with Crippen molar-refractivity contribution in [2.75, 3.05) is 38.2 Å². The molecule has 7 heteroatoms. The van der Waals surface area contributed by atoms with Crippen LogP contribution in [-0.2, 0) is 0 Å². The van der Waals surface area contributed by atoms with E-state index in [-0.39, 0.29) is 5.91 Å². The van der Waals surface area contributed by atoms with E-state index in [0.29, 0.717) is 30.2 Å². The van der Waals surface area contributed by atoms with E-state index in [2.05, 4.69) is 24.0 Å². The number of anilines is 1. The lowest BCUT2D eigenvalue weighted by atomic mass is 10.1. The minimum absolute atomic E-state index is 0.0371. The number of ether oxygens (including phenoxy) is 1. The molecule has 0 radical (unpaired) electrons. The standard InChI is InChI=1S/C27H28N4O3/c1-19-10-11-22(20(2)17-19)31-24(18-21(28-31)25-9-6-16-34-25)27(32)30-14-12-29(13-15-30)23-7-4-5-8-26(23)33-3/h4-11,16-18H,12-15H2,1-3H3. The number of carbonyl (C=O) groups excluding carboxylic acids is 1. The summed E-state index contributed by atoms with van der Waals surface area (Å²) in [6.07, 6.45) is 1.62. The number of aromatic nitrogens is 2. The van der Waals surface area contributed by atoms with Gasteiger partial charge in [0.05, 0.1) is 24.7 Å². The third-order valence-corrected chi connectivity index (χ3v) is 6.28. The number of methoxy groups -OCH3 is 1. The van der Waals surface area contributed by atoms with Gasteiger partial charge in [0.25, 0.3) is 5.91 Å². The molecule has 2 aromatic heterocycles. The Hall–Kier alpha value is -4.00. The summed E-state index contributed by atoms with van der Waals surface area (Å²) in [5.41, 5.74) is 5.34. The largest absolute Gasteiger partial charge is 0.495 e. The van der Waals surface area contributed by atoms with Gasteiger partial charge < -0.3 is 19.0 Å². The molecule has 0 bridgehead atoms. The summed E-state index contributed by atoms with van der Waals surface area (Å²) in [6.45, 7) is 6.79. The zero-order valence-electron chi connectivity index (χ0n) is 19.7. The van der Waals surface area contributed by atoms with Crippen LogP contribution < -0.4 is 9.64 Å². The molecule has 1 amide bonds. The SMILES string of the molecule is COc1ccccc1N1CCN(C(=O)c2cc(-c3ccco3)nn2-c2ccc(C)cc2C)CC1. The number of piperazine rings is 1. The second-order valence-corrected chi connectivity index (χ2v) is 8.54. The predicted molar refractivity (Wildman–Crippen MR) is 132 cm³/mol. The monoisotopic (exact) mass is 456 g/mol. The van der Waals surface area contributed by atoms with E-state index in [1.54, 1.807) is 18.1 Å². The molecule has 1 saturated heterocycles. The van der Waals surface area contributed by atoms with Crippen molar-refractivity contribution < 1.29 is 13.9 Å². The normalized spacial score (nSPS) is 13.9. The van der Waals surface area contributed by atoms with Gasteiger partial charge in [0.2, 0.25) is 0 Å². The van der Waals surface area contributed by atoms with Crippen molar-refractivity contribution in [3.63, 3.8) is 0 Å². The van der Waals surface area contributed by atoms with E-state index < -0.39 is 0 Å². The lowest BCUT2D eigenvalue weighted by molar-refractivity contribution is 0.0737. The average molecular weight is 457 g/mol. The molecule has 1 fully saturated rings. The molecule has 7 nitrogen and oxygen atoms in total. The first-order chi connectivity index (χ1) is 16.5. The molecule has 34 heavy (non-hydrogen) atoms. The van der Waals surface area contributed by atoms with Crippen molar-refractivity contribution >= 4 is 11.6 Å². The fourth-order valence-electron chi connectivity index (χ4n) is 4.51. The third-order valence-electron chi connectivity index (χ3n) is 6.28. The van der Waals surface area contributed by atoms with Gasteiger partial charge in [-0.1, -0.05) is 29.8 Å². The van der Waals surface area contributed by atoms with Crippen LogP contribution in [0, 0.1) is 13.8 Å². The topological polar surface area (TPSA) is 63.7 Å². The zero-order chi connectivity index (χ0) is 23.7. The fourth-order valence-corrected chi connectivity index (χ4v) is 4.51. The van der Waals surface area contributed by atoms with E-state index in [4.69, 9.17) is 14.3 Å². The molecule has 2 aromatic carbocycles. The molecule has 174 valence electrons. The van der Waals surface area contributed by atoms with Gasteiger partial charge in [0, 0.05) is 32.2 Å². The molecule has 0 N–H and O–H groups in total. The summed E-state index contributed by atoms with van der Waals surface area (Å²) in [4.78, 5) is 17.9. The van der Waals surface area contributed by atoms with Crippen molar-refractivity contribution in [1.82, 2.24) is 14.7 Å². The highest BCUT2D eigenvalue weighted by Gasteiger charge is 2.28. The molecule has 4 aromatic rings. The van der Waals surface area contributed by atoms with Gasteiger partial charge in [-0.3, -0.25) is 4.79 Å². The van der Waals surface area contributed by atoms with E-state index in [0.717, 1.165) is 35.8 Å². The van der Waals surface area contributed by atoms with E-state index in [9.17, 15) is 4.79 Å². The number of para-hydroxylation sites is 2. The zero-order valence-corrected chi connectivity index (χ0v) is 19.7. The lowest BCUT2D eigenvalue weighted by Gasteiger charge is -2.36. The van der Waals surface area contributed by atoms with Crippen LogP contribution in [0.2, 0.25) is 0 Å². The van der Waals surface area contributed by atoms with Gasteiger partial charge in [-0.25, -0.2) is 4.68 Å². The highest BCUT2D eigenvalue weighted by atomic mass is 16.5. The maximum Gasteiger partial charge on any atom is 0.272 e. The smallest absolute Gasteiger partial charge is 0.272 e. The summed E-state index contributed by atoms with van der Waals surface area (Å²) < 4.78 is 12.8. The Morgan fingerprint density at radius 2 is 1.74 bits per heavy atom. The second-order valence-electron chi connectivity index (χ2n) is 8.54. The summed E-state index contributed by atoms with van der Waals surface area (Å²) in [5.74, 6) is 1.45. The molecular weight excluding hydrogens is 428 g/mol. The number of amides is 1. The first-order valence-electron chi connectivity index (χ1n) is 11.4. The third kappa shape index (κ3) is 4.05. The maximum absolute atomic E-state index is 13.7. The van der Waals surface area contributed by atoms with Crippen LogP contribution in [-0.4, -0.2) is 53.9 Å². The minimum atomic E-state index is -0.0371. The molecule has 0 aliphatic carbocycles. The first-order valence-corrected chi connectivity index (χ1v) is 11.4. The van der Waals surface area contributed by atoms with Crippen LogP contribution >= 0.6 is 0 Å². The first kappa shape index (κ1) is 21.8. The van der Waals surface area contributed by atoms with Crippen LogP contribution in [0.3, 0.4) is 0 Å². The number of hydrogen-bond acceptors (Lipinski definition) is 5. The number of aryl methyl sites for hydroxylation is 2. The summed E-state index contributed by atoms with van der Waals surface area (Å²) in [7, 11) is 1.68. The molecule has 0 atom stereocenters. The van der Waals surface area contributed by atoms with Gasteiger partial charge in [0.1, 0.15) is 17.1 Å². The molecule has 0 spiro atoms. The summed E-state index contributed by atoms with van der Waals surface area (Å²) >= 11 is 0. The molecule has 1 aliphatic rings. The Kier molecular flexibility index (Phi) is 5.84. The molecule has 0 unspecified atom stereocenters. The van der Waals surface area contributed by atoms with Gasteiger partial charge in [-0.2, -0.15) is 5.10 Å². The van der Waals surface area contributed by atoms with Crippen LogP contribution in [0.5, 0.6) is 5.75 Å². The summed E-state index contributed by atoms with van der Waals surface area (Å²) in [5, 5.41) is 4.76. The van der Waals surface area contributed by atoms with Crippen molar-refractivity contribution in [2.45, 2.75) is 13.8 Å². The van der Waals surface area contributed by atoms with E-state index >= 15 is 0 Å². The van der Waals surface area contributed by atoms with Gasteiger partial charge in [0.15, 0.2) is 5.76 Å². The van der Waals surface area contributed by atoms with Crippen molar-refractivity contribution in [3.8, 4) is 22.9 Å². The van der Waals surface area contributed by atoms with E-state index in [1.165, 1.54) is 5.56 Å². The Bertz CT molecular complexity index is 1300. The number of carbonyl (C=O) groups is 1. The second kappa shape index (κ2) is 9.09. The predicted octanol–water partition coefficient (Wildman–Crippen LogP) is 4.72. The summed E-state index contributed by atoms with van der Waals surface area (Å²) in [6, 6.07) is 19.7. The Labute approximate surface area is 199 Å². The van der Waals surface area contributed by atoms with Crippen LogP contribution in [0.15, 0.2) is 71.3 Å². The van der Waals surface area contributed by atoms with Gasteiger partial charge in [-0.05, 0) is 49.7 Å². The molecule has 3 heterocycles. The van der Waals surface area contributed by atoms with Crippen LogP contribution in [0.1, 0.15) is 21.6 Å². The molecule has 1 aliphatic heterocycles. The minimum Gasteiger partial charge on any atom is -0.495 e. The highest BCUT2D eigenvalue weighted by molar-refractivity contribution is 5.94. The Morgan fingerprint density at radius 1 is 0.941 bits per heavy atom. The number of furan rings is 1. The highest BCUT2D eigenvalue weighted by Crippen LogP contribution is 2.29. The van der Waals surface area contributed by atoms with Gasteiger partial charge >= 0.3 is 0 Å². The van der Waals surface area contributed by atoms with Crippen LogP contribution in [0.25, 0.3) is 17.1 Å². The quantitative estimate of drug-likeness (QED) is 0.435. The molecule has 5 rings (SSSR count). The maximum atomic E-state index is 13.7. The molecular formula is C27H28N4O3. The molecule has 0 saturated carbocycles. The number of benzene rings is 2. The number of nitrogens with zero attached hydrogens (tertiary/aromatic N) is 4. The van der Waals surface area contributed by atoms with Crippen molar-refractivity contribution in [1.29, 1.82) is 0 Å². The Balaban J connectivity index is 1.43. The average Bonchev–Trinajstić information content (AvgIpc) is 3.54. The Morgan fingerprint density at radius 3 is 2.44 bits per heavy atom. The van der Waals surface area contributed by atoms with Crippen LogP contribution in [0.4, 0.5) is 5.69 Å². The van der Waals surface area contributed by atoms with Gasteiger partial charge in [-0.15, -0.1) is 0 Å².